The SMILES string of the molecule is CC(C)S(=O)(=O)CCN(C)c1ccccc1/C(N)=N/O. The average molecular weight is 299 g/mol. The van der Waals surface area contributed by atoms with Crippen LogP contribution in [-0.2, 0) is 9.84 Å². The molecule has 3 N–H and O–H groups in total. The predicted molar refractivity (Wildman–Crippen MR) is 81.1 cm³/mol. The van der Waals surface area contributed by atoms with E-state index in [-0.39, 0.29) is 11.6 Å². The van der Waals surface area contributed by atoms with Gasteiger partial charge in [-0.25, -0.2) is 8.42 Å². The highest BCUT2D eigenvalue weighted by atomic mass is 32.2. The Hall–Kier alpha value is -1.76. The predicted octanol–water partition coefficient (Wildman–Crippen LogP) is 1.04. The Morgan fingerprint density at radius 2 is 2.00 bits per heavy atom. The maximum atomic E-state index is 11.8. The fourth-order valence-corrected chi connectivity index (χ4v) is 2.70. The van der Waals surface area contributed by atoms with Gasteiger partial charge in [0.2, 0.25) is 0 Å². The molecule has 0 heterocycles. The molecule has 20 heavy (non-hydrogen) atoms. The summed E-state index contributed by atoms with van der Waals surface area (Å²) in [7, 11) is -1.32. The van der Waals surface area contributed by atoms with Gasteiger partial charge < -0.3 is 15.8 Å². The van der Waals surface area contributed by atoms with E-state index in [1.165, 1.54) is 0 Å². The van der Waals surface area contributed by atoms with Crippen LogP contribution in [-0.4, -0.2) is 44.1 Å². The zero-order valence-electron chi connectivity index (χ0n) is 11.9. The zero-order valence-corrected chi connectivity index (χ0v) is 12.8. The van der Waals surface area contributed by atoms with Crippen LogP contribution in [0, 0.1) is 0 Å². The van der Waals surface area contributed by atoms with Crippen LogP contribution >= 0.6 is 0 Å². The van der Waals surface area contributed by atoms with Crippen molar-refractivity contribution in [3.63, 3.8) is 0 Å². The van der Waals surface area contributed by atoms with Gasteiger partial charge in [0.1, 0.15) is 0 Å². The van der Waals surface area contributed by atoms with Gasteiger partial charge in [-0.1, -0.05) is 17.3 Å². The number of hydrogen-bond acceptors (Lipinski definition) is 5. The quantitative estimate of drug-likeness (QED) is 0.354. The Morgan fingerprint density at radius 3 is 2.55 bits per heavy atom. The van der Waals surface area contributed by atoms with Gasteiger partial charge in [-0.3, -0.25) is 0 Å². The van der Waals surface area contributed by atoms with Gasteiger partial charge in [-0.2, -0.15) is 0 Å². The van der Waals surface area contributed by atoms with Crippen molar-refractivity contribution in [2.75, 3.05) is 24.2 Å². The van der Waals surface area contributed by atoms with Crippen molar-refractivity contribution < 1.29 is 13.6 Å². The topological polar surface area (TPSA) is 96.0 Å². The Bertz CT molecular complexity index is 582. The first-order chi connectivity index (χ1) is 9.29. The summed E-state index contributed by atoms with van der Waals surface area (Å²) in [6.07, 6.45) is 0. The molecule has 1 aromatic rings. The smallest absolute Gasteiger partial charge is 0.172 e. The second-order valence-corrected chi connectivity index (χ2v) is 7.52. The molecule has 0 fully saturated rings. The van der Waals surface area contributed by atoms with Crippen molar-refractivity contribution in [3.8, 4) is 0 Å². The Kier molecular flexibility index (Phi) is 5.38. The molecule has 6 nitrogen and oxygen atoms in total. The van der Waals surface area contributed by atoms with Crippen LogP contribution in [0.3, 0.4) is 0 Å². The summed E-state index contributed by atoms with van der Waals surface area (Å²) in [6, 6.07) is 7.11. The molecule has 0 unspecified atom stereocenters. The lowest BCUT2D eigenvalue weighted by Crippen LogP contribution is -2.30. The largest absolute Gasteiger partial charge is 0.409 e. The molecule has 0 aliphatic carbocycles. The van der Waals surface area contributed by atoms with E-state index in [0.29, 0.717) is 12.1 Å². The molecule has 1 rings (SSSR count). The van der Waals surface area contributed by atoms with Gasteiger partial charge in [0.25, 0.3) is 0 Å². The van der Waals surface area contributed by atoms with Gasteiger partial charge >= 0.3 is 0 Å². The molecular formula is C13H21N3O3S. The summed E-state index contributed by atoms with van der Waals surface area (Å²) in [5.41, 5.74) is 6.91. The second kappa shape index (κ2) is 6.60. The molecule has 0 aliphatic rings. The standard InChI is InChI=1S/C13H21N3O3S/c1-10(2)20(18,19)9-8-16(3)12-7-5-4-6-11(12)13(14)15-17/h4-7,10,17H,8-9H2,1-3H3,(H2,14,15). The van der Waals surface area contributed by atoms with Crippen LogP contribution in [0.1, 0.15) is 19.4 Å². The summed E-state index contributed by atoms with van der Waals surface area (Å²) in [5.74, 6) is 0.0604. The molecule has 0 aliphatic heterocycles. The molecule has 0 saturated heterocycles. The number of oxime groups is 1. The van der Waals surface area contributed by atoms with Crippen LogP contribution in [0.25, 0.3) is 0 Å². The first-order valence-electron chi connectivity index (χ1n) is 6.29. The van der Waals surface area contributed by atoms with Crippen molar-refractivity contribution in [1.82, 2.24) is 0 Å². The van der Waals surface area contributed by atoms with Gasteiger partial charge in [0.15, 0.2) is 15.7 Å². The van der Waals surface area contributed by atoms with Gasteiger partial charge in [-0.05, 0) is 26.0 Å². The normalized spacial score (nSPS) is 12.7. The maximum absolute atomic E-state index is 11.8. The second-order valence-electron chi connectivity index (χ2n) is 4.84. The van der Waals surface area contributed by atoms with Crippen molar-refractivity contribution in [2.24, 2.45) is 10.9 Å². The minimum atomic E-state index is -3.09. The lowest BCUT2D eigenvalue weighted by molar-refractivity contribution is 0.318. The van der Waals surface area contributed by atoms with E-state index in [2.05, 4.69) is 5.16 Å². The third kappa shape index (κ3) is 3.86. The molecule has 0 radical (unpaired) electrons. The van der Waals surface area contributed by atoms with Crippen LogP contribution < -0.4 is 10.6 Å². The third-order valence-corrected chi connectivity index (χ3v) is 5.32. The minimum absolute atomic E-state index is 0.000772. The first kappa shape index (κ1) is 16.3. The van der Waals surface area contributed by atoms with E-state index in [0.717, 1.165) is 5.69 Å². The number of anilines is 1. The average Bonchev–Trinajstić information content (AvgIpc) is 2.43. The lowest BCUT2D eigenvalue weighted by Gasteiger charge is -2.22. The van der Waals surface area contributed by atoms with Crippen LogP contribution in [0.15, 0.2) is 29.4 Å². The lowest BCUT2D eigenvalue weighted by atomic mass is 10.1. The van der Waals surface area contributed by atoms with E-state index in [1.54, 1.807) is 44.0 Å². The summed E-state index contributed by atoms with van der Waals surface area (Å²) >= 11 is 0. The van der Waals surface area contributed by atoms with Gasteiger partial charge in [-0.15, -0.1) is 0 Å². The van der Waals surface area contributed by atoms with Crippen molar-refractivity contribution >= 4 is 21.4 Å². The number of sulfone groups is 1. The fraction of sp³-hybridized carbons (Fsp3) is 0.462. The van der Waals surface area contributed by atoms with E-state index in [9.17, 15) is 8.42 Å². The summed E-state index contributed by atoms with van der Waals surface area (Å²) in [6.45, 7) is 3.68. The highest BCUT2D eigenvalue weighted by Gasteiger charge is 2.18. The van der Waals surface area contributed by atoms with Crippen LogP contribution in [0.2, 0.25) is 0 Å². The number of nitrogens with two attached hydrogens (primary N) is 1. The van der Waals surface area contributed by atoms with Crippen molar-refractivity contribution in [1.29, 1.82) is 0 Å². The highest BCUT2D eigenvalue weighted by Crippen LogP contribution is 2.19. The van der Waals surface area contributed by atoms with Crippen LogP contribution in [0.5, 0.6) is 0 Å². The Morgan fingerprint density at radius 1 is 1.40 bits per heavy atom. The number of nitrogens with zero attached hydrogens (tertiary/aromatic N) is 2. The van der Waals surface area contributed by atoms with E-state index >= 15 is 0 Å². The summed E-state index contributed by atoms with van der Waals surface area (Å²) < 4.78 is 23.7. The fourth-order valence-electron chi connectivity index (χ4n) is 1.70. The molecule has 1 aromatic carbocycles. The van der Waals surface area contributed by atoms with E-state index in [1.807, 2.05) is 6.07 Å². The molecule has 0 saturated carbocycles. The van der Waals surface area contributed by atoms with Crippen molar-refractivity contribution in [2.45, 2.75) is 19.1 Å². The number of amidine groups is 1. The maximum Gasteiger partial charge on any atom is 0.172 e. The molecule has 0 aromatic heterocycles. The Labute approximate surface area is 119 Å². The monoisotopic (exact) mass is 299 g/mol. The van der Waals surface area contributed by atoms with Crippen LogP contribution in [0.4, 0.5) is 5.69 Å². The number of rotatable bonds is 6. The molecule has 0 atom stereocenters. The highest BCUT2D eigenvalue weighted by molar-refractivity contribution is 7.92. The molecule has 0 bridgehead atoms. The summed E-state index contributed by atoms with van der Waals surface area (Å²) in [4.78, 5) is 1.79. The number of hydrogen-bond donors (Lipinski definition) is 2. The molecule has 7 heteroatoms. The van der Waals surface area contributed by atoms with Crippen molar-refractivity contribution in [3.05, 3.63) is 29.8 Å². The molecule has 0 amide bonds. The molecular weight excluding hydrogens is 278 g/mol. The minimum Gasteiger partial charge on any atom is -0.409 e. The van der Waals surface area contributed by atoms with E-state index in [4.69, 9.17) is 10.9 Å². The molecule has 0 spiro atoms. The van der Waals surface area contributed by atoms with Gasteiger partial charge in [0, 0.05) is 24.8 Å². The first-order valence-corrected chi connectivity index (χ1v) is 8.00. The van der Waals surface area contributed by atoms with Gasteiger partial charge in [0.05, 0.1) is 11.0 Å². The number of para-hydroxylation sites is 1. The Balaban J connectivity index is 2.92. The number of benzene rings is 1. The summed E-state index contributed by atoms with van der Waals surface area (Å²) in [5, 5.41) is 11.4. The molecule has 112 valence electrons. The van der Waals surface area contributed by atoms with E-state index < -0.39 is 15.1 Å². The zero-order chi connectivity index (χ0) is 15.3. The third-order valence-electron chi connectivity index (χ3n) is 3.13.